The van der Waals surface area contributed by atoms with E-state index in [9.17, 15) is 0 Å². The zero-order valence-corrected chi connectivity index (χ0v) is 8.54. The molecular weight excluding hydrogens is 232 g/mol. The molecule has 0 amide bonds. The molecule has 68 valence electrons. The molecule has 0 fully saturated rings. The molecule has 1 N–H and O–H groups in total. The van der Waals surface area contributed by atoms with Gasteiger partial charge < -0.3 is 10.1 Å². The summed E-state index contributed by atoms with van der Waals surface area (Å²) in [4.78, 5) is 4.13. The summed E-state index contributed by atoms with van der Waals surface area (Å²) >= 11 is 3.43. The van der Waals surface area contributed by atoms with Gasteiger partial charge in [-0.2, -0.15) is 0 Å². The van der Waals surface area contributed by atoms with Gasteiger partial charge in [0.25, 0.3) is 6.02 Å². The number of rotatable bonds is 1. The predicted molar refractivity (Wildman–Crippen MR) is 56.0 cm³/mol. The van der Waals surface area contributed by atoms with Gasteiger partial charge >= 0.3 is 0 Å². The van der Waals surface area contributed by atoms with Crippen LogP contribution in [-0.4, -0.2) is 19.2 Å². The molecular formula is C9H9BrN2O. The minimum Gasteiger partial charge on any atom is -0.463 e. The molecule has 0 unspecified atom stereocenters. The molecule has 3 nitrogen and oxygen atoms in total. The van der Waals surface area contributed by atoms with Crippen LogP contribution < -0.4 is 5.32 Å². The van der Waals surface area contributed by atoms with E-state index in [0.717, 1.165) is 16.7 Å². The van der Waals surface area contributed by atoms with Gasteiger partial charge in [-0.05, 0) is 28.1 Å². The van der Waals surface area contributed by atoms with E-state index in [2.05, 4.69) is 26.2 Å². The van der Waals surface area contributed by atoms with Gasteiger partial charge in [0.2, 0.25) is 0 Å². The lowest BCUT2D eigenvalue weighted by Crippen LogP contribution is -2.11. The second-order valence-electron chi connectivity index (χ2n) is 2.64. The van der Waals surface area contributed by atoms with E-state index < -0.39 is 0 Å². The van der Waals surface area contributed by atoms with Gasteiger partial charge in [0.15, 0.2) is 0 Å². The lowest BCUT2D eigenvalue weighted by atomic mass is 10.3. The zero-order chi connectivity index (χ0) is 9.10. The Morgan fingerprint density at radius 2 is 2.23 bits per heavy atom. The molecule has 0 saturated heterocycles. The second-order valence-corrected chi connectivity index (χ2v) is 3.49. The molecule has 1 aromatic carbocycles. The predicted octanol–water partition coefficient (Wildman–Crippen LogP) is 2.25. The van der Waals surface area contributed by atoms with Crippen LogP contribution in [0.25, 0.3) is 0 Å². The van der Waals surface area contributed by atoms with Crippen LogP contribution in [0, 0.1) is 0 Å². The lowest BCUT2D eigenvalue weighted by molar-refractivity contribution is 0.346. The van der Waals surface area contributed by atoms with Crippen molar-refractivity contribution in [1.82, 2.24) is 0 Å². The number of ether oxygens (including phenoxy) is 1. The minimum atomic E-state index is 0.604. The summed E-state index contributed by atoms with van der Waals surface area (Å²) in [6.45, 7) is 1.42. The molecule has 1 heterocycles. The van der Waals surface area contributed by atoms with Crippen molar-refractivity contribution in [2.75, 3.05) is 18.5 Å². The molecule has 13 heavy (non-hydrogen) atoms. The normalized spacial score (nSPS) is 15.0. The van der Waals surface area contributed by atoms with Crippen LogP contribution in [0.1, 0.15) is 0 Å². The third kappa shape index (κ3) is 2.01. The molecule has 0 radical (unpaired) electrons. The van der Waals surface area contributed by atoms with Crippen LogP contribution in [0.15, 0.2) is 33.7 Å². The van der Waals surface area contributed by atoms with Crippen molar-refractivity contribution < 1.29 is 4.74 Å². The standard InChI is InChI=1S/C9H9BrN2O/c10-7-3-1-2-4-8(7)12-9-11-5-6-13-9/h1-4H,5-6H2,(H,11,12). The first-order valence-corrected chi connectivity index (χ1v) is 4.84. The van der Waals surface area contributed by atoms with Crippen molar-refractivity contribution in [3.05, 3.63) is 28.7 Å². The Balaban J connectivity index is 2.13. The van der Waals surface area contributed by atoms with Crippen LogP contribution in [-0.2, 0) is 4.74 Å². The van der Waals surface area contributed by atoms with Gasteiger partial charge in [-0.25, -0.2) is 4.99 Å². The summed E-state index contributed by atoms with van der Waals surface area (Å²) in [5.41, 5.74) is 0.975. The SMILES string of the molecule is Brc1ccccc1NC1=NCCO1. The summed E-state index contributed by atoms with van der Waals surface area (Å²) < 4.78 is 6.24. The van der Waals surface area contributed by atoms with Gasteiger partial charge in [-0.1, -0.05) is 12.1 Å². The van der Waals surface area contributed by atoms with E-state index in [0.29, 0.717) is 12.6 Å². The Labute approximate surface area is 84.9 Å². The van der Waals surface area contributed by atoms with Gasteiger partial charge in [-0.3, -0.25) is 0 Å². The fourth-order valence-corrected chi connectivity index (χ4v) is 1.47. The number of hydrogen-bond acceptors (Lipinski definition) is 3. The summed E-state index contributed by atoms with van der Waals surface area (Å²) in [7, 11) is 0. The molecule has 1 aromatic rings. The Morgan fingerprint density at radius 1 is 1.38 bits per heavy atom. The summed E-state index contributed by atoms with van der Waals surface area (Å²) in [6.07, 6.45) is 0. The van der Waals surface area contributed by atoms with Crippen LogP contribution in [0.3, 0.4) is 0 Å². The van der Waals surface area contributed by atoms with E-state index in [1.54, 1.807) is 0 Å². The quantitative estimate of drug-likeness (QED) is 0.818. The first-order valence-electron chi connectivity index (χ1n) is 4.05. The number of hydrogen-bond donors (Lipinski definition) is 1. The smallest absolute Gasteiger partial charge is 0.289 e. The lowest BCUT2D eigenvalue weighted by Gasteiger charge is -2.06. The maximum absolute atomic E-state index is 5.23. The molecule has 4 heteroatoms. The Bertz CT molecular complexity index is 338. The van der Waals surface area contributed by atoms with Crippen molar-refractivity contribution in [3.63, 3.8) is 0 Å². The second kappa shape index (κ2) is 3.79. The number of para-hydroxylation sites is 1. The van der Waals surface area contributed by atoms with Crippen molar-refractivity contribution in [2.45, 2.75) is 0 Å². The van der Waals surface area contributed by atoms with Crippen molar-refractivity contribution >= 4 is 27.6 Å². The van der Waals surface area contributed by atoms with Crippen LogP contribution in [0.4, 0.5) is 5.69 Å². The third-order valence-corrected chi connectivity index (χ3v) is 2.39. The molecule has 0 atom stereocenters. The Hall–Kier alpha value is -1.03. The number of benzene rings is 1. The fourth-order valence-electron chi connectivity index (χ4n) is 1.09. The highest BCUT2D eigenvalue weighted by molar-refractivity contribution is 9.10. The third-order valence-electron chi connectivity index (χ3n) is 1.70. The zero-order valence-electron chi connectivity index (χ0n) is 6.96. The average Bonchev–Trinajstić information content (AvgIpc) is 2.61. The van der Waals surface area contributed by atoms with Crippen LogP contribution in [0.2, 0.25) is 0 Å². The summed E-state index contributed by atoms with van der Waals surface area (Å²) in [6, 6.07) is 8.47. The number of anilines is 1. The first-order chi connectivity index (χ1) is 6.36. The number of halogens is 1. The maximum atomic E-state index is 5.23. The molecule has 1 aliphatic heterocycles. The number of amidine groups is 1. The Morgan fingerprint density at radius 3 is 2.92 bits per heavy atom. The molecule has 0 bridgehead atoms. The van der Waals surface area contributed by atoms with Crippen LogP contribution >= 0.6 is 15.9 Å². The largest absolute Gasteiger partial charge is 0.463 e. The van der Waals surface area contributed by atoms with Crippen LogP contribution in [0.5, 0.6) is 0 Å². The Kier molecular flexibility index (Phi) is 2.49. The van der Waals surface area contributed by atoms with Gasteiger partial charge in [0, 0.05) is 4.47 Å². The highest BCUT2D eigenvalue weighted by Gasteiger charge is 2.07. The number of nitrogens with one attached hydrogen (secondary N) is 1. The molecule has 1 aliphatic rings. The van der Waals surface area contributed by atoms with Crippen molar-refractivity contribution in [1.29, 1.82) is 0 Å². The highest BCUT2D eigenvalue weighted by atomic mass is 79.9. The van der Waals surface area contributed by atoms with E-state index >= 15 is 0 Å². The number of aliphatic imine (C=N–C) groups is 1. The van der Waals surface area contributed by atoms with Gasteiger partial charge in [-0.15, -0.1) is 0 Å². The van der Waals surface area contributed by atoms with E-state index in [4.69, 9.17) is 4.74 Å². The topological polar surface area (TPSA) is 33.6 Å². The maximum Gasteiger partial charge on any atom is 0.289 e. The van der Waals surface area contributed by atoms with E-state index in [1.165, 1.54) is 0 Å². The summed E-state index contributed by atoms with van der Waals surface area (Å²) in [5.74, 6) is 0. The molecule has 2 rings (SSSR count). The summed E-state index contributed by atoms with van der Waals surface area (Å²) in [5, 5.41) is 3.09. The molecule has 0 aromatic heterocycles. The first kappa shape index (κ1) is 8.56. The van der Waals surface area contributed by atoms with Crippen molar-refractivity contribution in [3.8, 4) is 0 Å². The van der Waals surface area contributed by atoms with E-state index in [-0.39, 0.29) is 0 Å². The number of nitrogens with zero attached hydrogens (tertiary/aromatic N) is 1. The average molecular weight is 241 g/mol. The monoisotopic (exact) mass is 240 g/mol. The fraction of sp³-hybridized carbons (Fsp3) is 0.222. The minimum absolute atomic E-state index is 0.604. The molecule has 0 aliphatic carbocycles. The van der Waals surface area contributed by atoms with E-state index in [1.807, 2.05) is 24.3 Å². The van der Waals surface area contributed by atoms with Gasteiger partial charge in [0.05, 0.1) is 12.2 Å². The molecule has 0 spiro atoms. The highest BCUT2D eigenvalue weighted by Crippen LogP contribution is 2.21. The van der Waals surface area contributed by atoms with Crippen molar-refractivity contribution in [2.24, 2.45) is 4.99 Å². The van der Waals surface area contributed by atoms with Gasteiger partial charge in [0.1, 0.15) is 6.61 Å². The molecule has 0 saturated carbocycles.